The SMILES string of the molecule is COC(=O)Cc1c[nH]c2cc(S(=O)(=O)N3CCN(c4ccc(C(F)(F)F)cc4)CC3)ccc12. The van der Waals surface area contributed by atoms with Gasteiger partial charge in [0.1, 0.15) is 0 Å². The molecule has 0 bridgehead atoms. The highest BCUT2D eigenvalue weighted by Gasteiger charge is 2.31. The summed E-state index contributed by atoms with van der Waals surface area (Å²) in [5, 5.41) is 0.742. The van der Waals surface area contributed by atoms with Crippen LogP contribution in [0.5, 0.6) is 0 Å². The van der Waals surface area contributed by atoms with Crippen molar-refractivity contribution in [3.05, 3.63) is 59.8 Å². The van der Waals surface area contributed by atoms with Crippen LogP contribution in [-0.2, 0) is 32.2 Å². The largest absolute Gasteiger partial charge is 0.469 e. The number of nitrogens with zero attached hydrogens (tertiary/aromatic N) is 2. The van der Waals surface area contributed by atoms with Gasteiger partial charge in [-0.25, -0.2) is 8.42 Å². The van der Waals surface area contributed by atoms with Gasteiger partial charge in [0.25, 0.3) is 0 Å². The molecule has 2 aromatic carbocycles. The van der Waals surface area contributed by atoms with Crippen LogP contribution in [0.2, 0.25) is 0 Å². The number of sulfonamides is 1. The van der Waals surface area contributed by atoms with Crippen LogP contribution in [0.1, 0.15) is 11.1 Å². The molecular weight excluding hydrogens is 459 g/mol. The van der Waals surface area contributed by atoms with E-state index in [4.69, 9.17) is 0 Å². The molecule has 1 fully saturated rings. The molecule has 0 aliphatic carbocycles. The average Bonchev–Trinajstić information content (AvgIpc) is 3.20. The second-order valence-electron chi connectivity index (χ2n) is 7.71. The van der Waals surface area contributed by atoms with Gasteiger partial charge in [0.15, 0.2) is 0 Å². The first-order valence-electron chi connectivity index (χ1n) is 10.2. The molecule has 3 aromatic rings. The maximum Gasteiger partial charge on any atom is 0.416 e. The van der Waals surface area contributed by atoms with Gasteiger partial charge >= 0.3 is 12.1 Å². The number of anilines is 1. The molecular formula is C22H22F3N3O4S. The fraction of sp³-hybridized carbons (Fsp3) is 0.318. The number of hydrogen-bond donors (Lipinski definition) is 1. The summed E-state index contributed by atoms with van der Waals surface area (Å²) in [6.45, 7) is 1.14. The third-order valence-electron chi connectivity index (χ3n) is 5.74. The molecule has 0 atom stereocenters. The smallest absolute Gasteiger partial charge is 0.416 e. The maximum absolute atomic E-state index is 13.2. The van der Waals surface area contributed by atoms with Crippen LogP contribution >= 0.6 is 0 Å². The van der Waals surface area contributed by atoms with Gasteiger partial charge < -0.3 is 14.6 Å². The lowest BCUT2D eigenvalue weighted by Gasteiger charge is -2.35. The Bertz CT molecular complexity index is 1260. The van der Waals surface area contributed by atoms with Crippen LogP contribution in [0.25, 0.3) is 10.9 Å². The monoisotopic (exact) mass is 481 g/mol. The summed E-state index contributed by atoms with van der Waals surface area (Å²) < 4.78 is 70.7. The lowest BCUT2D eigenvalue weighted by molar-refractivity contribution is -0.140. The van der Waals surface area contributed by atoms with Gasteiger partial charge in [-0.05, 0) is 42.0 Å². The Hall–Kier alpha value is -3.05. The lowest BCUT2D eigenvalue weighted by Crippen LogP contribution is -2.48. The van der Waals surface area contributed by atoms with Crippen molar-refractivity contribution in [2.24, 2.45) is 0 Å². The summed E-state index contributed by atoms with van der Waals surface area (Å²) in [5.74, 6) is -0.390. The van der Waals surface area contributed by atoms with Crippen molar-refractivity contribution in [1.82, 2.24) is 9.29 Å². The molecule has 1 aromatic heterocycles. The minimum Gasteiger partial charge on any atom is -0.469 e. The van der Waals surface area contributed by atoms with Crippen LogP contribution in [0.15, 0.2) is 53.6 Å². The number of esters is 1. The van der Waals surface area contributed by atoms with Crippen molar-refractivity contribution in [2.75, 3.05) is 38.2 Å². The molecule has 33 heavy (non-hydrogen) atoms. The number of hydrogen-bond acceptors (Lipinski definition) is 5. The third kappa shape index (κ3) is 4.69. The van der Waals surface area contributed by atoms with Crippen molar-refractivity contribution in [1.29, 1.82) is 0 Å². The normalized spacial score (nSPS) is 15.7. The number of carbonyl (C=O) groups excluding carboxylic acids is 1. The maximum atomic E-state index is 13.2. The molecule has 0 saturated carbocycles. The number of nitrogens with one attached hydrogen (secondary N) is 1. The van der Waals surface area contributed by atoms with Gasteiger partial charge in [-0.3, -0.25) is 4.79 Å². The molecule has 1 aliphatic rings. The molecule has 0 unspecified atom stereocenters. The highest BCUT2D eigenvalue weighted by molar-refractivity contribution is 7.89. The Morgan fingerprint density at radius 2 is 1.73 bits per heavy atom. The number of fused-ring (bicyclic) bond motifs is 1. The van der Waals surface area contributed by atoms with E-state index in [0.29, 0.717) is 29.9 Å². The topological polar surface area (TPSA) is 82.7 Å². The molecule has 4 rings (SSSR count). The minimum atomic E-state index is -4.40. The second-order valence-corrected chi connectivity index (χ2v) is 9.65. The van der Waals surface area contributed by atoms with Gasteiger partial charge in [-0.1, -0.05) is 6.07 Å². The number of aromatic amines is 1. The Labute approximate surface area is 188 Å². The molecule has 11 heteroatoms. The summed E-state index contributed by atoms with van der Waals surface area (Å²) in [7, 11) is -2.45. The molecule has 1 saturated heterocycles. The highest BCUT2D eigenvalue weighted by atomic mass is 32.2. The summed E-state index contributed by atoms with van der Waals surface area (Å²) in [6, 6.07) is 9.56. The molecule has 0 spiro atoms. The Morgan fingerprint density at radius 3 is 2.33 bits per heavy atom. The summed E-state index contributed by atoms with van der Waals surface area (Å²) >= 11 is 0. The van der Waals surface area contributed by atoms with Gasteiger partial charge in [-0.15, -0.1) is 0 Å². The number of H-pyrrole nitrogens is 1. The van der Waals surface area contributed by atoms with Crippen LogP contribution in [0.3, 0.4) is 0 Å². The van der Waals surface area contributed by atoms with E-state index in [1.807, 2.05) is 4.90 Å². The van der Waals surface area contributed by atoms with E-state index >= 15 is 0 Å². The standard InChI is InChI=1S/C22H22F3N3O4S/c1-32-21(29)12-15-14-26-20-13-18(6-7-19(15)20)33(30,31)28-10-8-27(9-11-28)17-4-2-16(3-5-17)22(23,24)25/h2-7,13-14,26H,8-12H2,1H3. The number of carbonyl (C=O) groups is 1. The van der Waals surface area contributed by atoms with E-state index in [9.17, 15) is 26.4 Å². The van der Waals surface area contributed by atoms with Gasteiger partial charge in [-0.2, -0.15) is 17.5 Å². The van der Waals surface area contributed by atoms with Crippen molar-refractivity contribution >= 4 is 32.6 Å². The van der Waals surface area contributed by atoms with E-state index in [-0.39, 0.29) is 24.4 Å². The number of alkyl halides is 3. The van der Waals surface area contributed by atoms with Crippen molar-refractivity contribution in [2.45, 2.75) is 17.5 Å². The lowest BCUT2D eigenvalue weighted by atomic mass is 10.1. The van der Waals surface area contributed by atoms with E-state index in [2.05, 4.69) is 9.72 Å². The number of aromatic nitrogens is 1. The highest BCUT2D eigenvalue weighted by Crippen LogP contribution is 2.31. The summed E-state index contributed by atoms with van der Waals surface area (Å²) in [5.41, 5.74) is 1.21. The molecule has 1 N–H and O–H groups in total. The number of halogens is 3. The number of rotatable bonds is 5. The number of methoxy groups -OCH3 is 1. The Balaban J connectivity index is 1.46. The zero-order chi connectivity index (χ0) is 23.8. The fourth-order valence-electron chi connectivity index (χ4n) is 3.90. The number of benzene rings is 2. The van der Waals surface area contributed by atoms with Crippen molar-refractivity contribution in [3.63, 3.8) is 0 Å². The van der Waals surface area contributed by atoms with E-state index < -0.39 is 27.7 Å². The predicted molar refractivity (Wildman–Crippen MR) is 116 cm³/mol. The van der Waals surface area contributed by atoms with Crippen LogP contribution in [0.4, 0.5) is 18.9 Å². The van der Waals surface area contributed by atoms with Crippen LogP contribution in [0, 0.1) is 0 Å². The first-order chi connectivity index (χ1) is 15.6. The molecule has 0 amide bonds. The molecule has 2 heterocycles. The van der Waals surface area contributed by atoms with E-state index in [0.717, 1.165) is 17.5 Å². The number of ether oxygens (including phenoxy) is 1. The predicted octanol–water partition coefficient (Wildman–Crippen LogP) is 3.41. The fourth-order valence-corrected chi connectivity index (χ4v) is 5.35. The molecule has 7 nitrogen and oxygen atoms in total. The van der Waals surface area contributed by atoms with Crippen LogP contribution in [-0.4, -0.2) is 57.0 Å². The molecule has 0 radical (unpaired) electrons. The van der Waals surface area contributed by atoms with Gasteiger partial charge in [0, 0.05) is 49.0 Å². The summed E-state index contributed by atoms with van der Waals surface area (Å²) in [4.78, 5) is 16.5. The average molecular weight is 481 g/mol. The van der Waals surface area contributed by atoms with Crippen molar-refractivity contribution < 1.29 is 31.1 Å². The van der Waals surface area contributed by atoms with E-state index in [1.54, 1.807) is 12.3 Å². The second kappa shape index (κ2) is 8.71. The summed E-state index contributed by atoms with van der Waals surface area (Å²) in [6.07, 6.45) is -2.67. The first-order valence-corrected chi connectivity index (χ1v) is 11.6. The molecule has 1 aliphatic heterocycles. The first kappa shape index (κ1) is 23.1. The van der Waals surface area contributed by atoms with Crippen molar-refractivity contribution in [3.8, 4) is 0 Å². The van der Waals surface area contributed by atoms with Gasteiger partial charge in [0.2, 0.25) is 10.0 Å². The third-order valence-corrected chi connectivity index (χ3v) is 7.63. The molecule has 176 valence electrons. The Kier molecular flexibility index (Phi) is 6.10. The zero-order valence-electron chi connectivity index (χ0n) is 17.7. The van der Waals surface area contributed by atoms with Gasteiger partial charge in [0.05, 0.1) is 24.0 Å². The zero-order valence-corrected chi connectivity index (χ0v) is 18.5. The van der Waals surface area contributed by atoms with E-state index in [1.165, 1.54) is 35.7 Å². The van der Waals surface area contributed by atoms with Crippen LogP contribution < -0.4 is 4.90 Å². The minimum absolute atomic E-state index is 0.0779. The quantitative estimate of drug-likeness (QED) is 0.565. The number of piperazine rings is 1. The Morgan fingerprint density at radius 1 is 1.06 bits per heavy atom.